The molecule has 1 aromatic heterocycles. The summed E-state index contributed by atoms with van der Waals surface area (Å²) in [5.74, 6) is 0.750. The molecule has 0 aliphatic carbocycles. The van der Waals surface area contributed by atoms with E-state index in [-0.39, 0.29) is 0 Å². The van der Waals surface area contributed by atoms with E-state index in [1.807, 2.05) is 28.9 Å². The summed E-state index contributed by atoms with van der Waals surface area (Å²) in [6.45, 7) is 4.26. The van der Waals surface area contributed by atoms with Crippen molar-refractivity contribution in [2.24, 2.45) is 0 Å². The van der Waals surface area contributed by atoms with E-state index in [4.69, 9.17) is 5.73 Å². The smallest absolute Gasteiger partial charge is 0.181 e. The largest absolute Gasteiger partial charge is 0.399 e. The Hall–Kier alpha value is -1.84. The normalized spacial score (nSPS) is 12.6. The number of benzene rings is 1. The number of nitrogens with zero attached hydrogens (tertiary/aromatic N) is 3. The van der Waals surface area contributed by atoms with Crippen LogP contribution in [0.15, 0.2) is 30.6 Å². The van der Waals surface area contributed by atoms with Crippen LogP contribution in [0, 0.1) is 0 Å². The van der Waals surface area contributed by atoms with Crippen molar-refractivity contribution in [3.63, 3.8) is 0 Å². The SMILES string of the molecule is CCC(C)n1cnc(-c2ccc(N)cc2)n1. The third-order valence-corrected chi connectivity index (χ3v) is 2.72. The quantitative estimate of drug-likeness (QED) is 0.802. The van der Waals surface area contributed by atoms with Gasteiger partial charge in [-0.3, -0.25) is 0 Å². The molecule has 4 heteroatoms. The minimum atomic E-state index is 0.384. The van der Waals surface area contributed by atoms with Crippen molar-refractivity contribution in [2.45, 2.75) is 26.3 Å². The number of nitrogens with two attached hydrogens (primary N) is 1. The highest BCUT2D eigenvalue weighted by Gasteiger charge is 2.07. The molecule has 84 valence electrons. The zero-order chi connectivity index (χ0) is 11.5. The van der Waals surface area contributed by atoms with E-state index in [2.05, 4.69) is 23.9 Å². The first-order valence-electron chi connectivity index (χ1n) is 5.47. The molecule has 0 saturated carbocycles. The van der Waals surface area contributed by atoms with Gasteiger partial charge in [-0.15, -0.1) is 0 Å². The van der Waals surface area contributed by atoms with Gasteiger partial charge in [0.05, 0.1) is 6.04 Å². The van der Waals surface area contributed by atoms with Gasteiger partial charge in [-0.25, -0.2) is 9.67 Å². The maximum absolute atomic E-state index is 5.63. The fraction of sp³-hybridized carbons (Fsp3) is 0.333. The molecule has 0 bridgehead atoms. The molecule has 0 radical (unpaired) electrons. The molecule has 1 aromatic carbocycles. The minimum absolute atomic E-state index is 0.384. The van der Waals surface area contributed by atoms with Crippen LogP contribution in [0.2, 0.25) is 0 Å². The zero-order valence-electron chi connectivity index (χ0n) is 9.59. The van der Waals surface area contributed by atoms with Crippen molar-refractivity contribution in [1.82, 2.24) is 14.8 Å². The number of rotatable bonds is 3. The first-order chi connectivity index (χ1) is 7.70. The molecule has 0 amide bonds. The second kappa shape index (κ2) is 4.35. The van der Waals surface area contributed by atoms with Crippen molar-refractivity contribution >= 4 is 5.69 Å². The second-order valence-corrected chi connectivity index (χ2v) is 3.93. The third kappa shape index (κ3) is 2.05. The van der Waals surface area contributed by atoms with Crippen LogP contribution in [0.3, 0.4) is 0 Å². The Morgan fingerprint density at radius 2 is 2.00 bits per heavy atom. The average Bonchev–Trinajstić information content (AvgIpc) is 2.78. The molecule has 2 N–H and O–H groups in total. The lowest BCUT2D eigenvalue weighted by Gasteiger charge is -2.06. The summed E-state index contributed by atoms with van der Waals surface area (Å²) in [6.07, 6.45) is 2.82. The van der Waals surface area contributed by atoms with Gasteiger partial charge in [0.25, 0.3) is 0 Å². The van der Waals surface area contributed by atoms with Gasteiger partial charge in [0.2, 0.25) is 0 Å². The Labute approximate surface area is 95.1 Å². The van der Waals surface area contributed by atoms with Gasteiger partial charge in [-0.05, 0) is 37.6 Å². The molecule has 0 spiro atoms. The van der Waals surface area contributed by atoms with E-state index in [0.717, 1.165) is 23.5 Å². The second-order valence-electron chi connectivity index (χ2n) is 3.93. The first kappa shape index (κ1) is 10.7. The van der Waals surface area contributed by atoms with Gasteiger partial charge >= 0.3 is 0 Å². The van der Waals surface area contributed by atoms with Gasteiger partial charge < -0.3 is 5.73 Å². The third-order valence-electron chi connectivity index (χ3n) is 2.72. The molecule has 0 fully saturated rings. The van der Waals surface area contributed by atoms with E-state index in [1.54, 1.807) is 6.33 Å². The number of anilines is 1. The molecule has 2 rings (SSSR count). The number of hydrogen-bond acceptors (Lipinski definition) is 3. The summed E-state index contributed by atoms with van der Waals surface area (Å²) in [5, 5.41) is 4.45. The van der Waals surface area contributed by atoms with Crippen LogP contribution in [-0.4, -0.2) is 14.8 Å². The van der Waals surface area contributed by atoms with E-state index < -0.39 is 0 Å². The Morgan fingerprint density at radius 3 is 2.62 bits per heavy atom. The van der Waals surface area contributed by atoms with Crippen molar-refractivity contribution in [3.05, 3.63) is 30.6 Å². The minimum Gasteiger partial charge on any atom is -0.399 e. The van der Waals surface area contributed by atoms with Crippen molar-refractivity contribution in [1.29, 1.82) is 0 Å². The topological polar surface area (TPSA) is 56.7 Å². The fourth-order valence-corrected chi connectivity index (χ4v) is 1.44. The van der Waals surface area contributed by atoms with Gasteiger partial charge in [0.15, 0.2) is 5.82 Å². The maximum Gasteiger partial charge on any atom is 0.181 e. The molecule has 1 heterocycles. The molecule has 16 heavy (non-hydrogen) atoms. The summed E-state index contributed by atoms with van der Waals surface area (Å²) in [5.41, 5.74) is 7.38. The molecule has 0 saturated heterocycles. The van der Waals surface area contributed by atoms with Crippen LogP contribution in [0.5, 0.6) is 0 Å². The first-order valence-corrected chi connectivity index (χ1v) is 5.47. The van der Waals surface area contributed by atoms with Crippen LogP contribution in [-0.2, 0) is 0 Å². The van der Waals surface area contributed by atoms with Crippen molar-refractivity contribution in [2.75, 3.05) is 5.73 Å². The lowest BCUT2D eigenvalue weighted by atomic mass is 10.2. The number of nitrogen functional groups attached to an aromatic ring is 1. The highest BCUT2D eigenvalue weighted by Crippen LogP contribution is 2.17. The average molecular weight is 216 g/mol. The summed E-state index contributed by atoms with van der Waals surface area (Å²) in [6, 6.07) is 7.98. The van der Waals surface area contributed by atoms with Crippen LogP contribution in [0.1, 0.15) is 26.3 Å². The number of aromatic nitrogens is 3. The van der Waals surface area contributed by atoms with Crippen molar-refractivity contribution in [3.8, 4) is 11.4 Å². The van der Waals surface area contributed by atoms with Crippen LogP contribution in [0.25, 0.3) is 11.4 Å². The number of hydrogen-bond donors (Lipinski definition) is 1. The zero-order valence-corrected chi connectivity index (χ0v) is 9.59. The fourth-order valence-electron chi connectivity index (χ4n) is 1.44. The van der Waals surface area contributed by atoms with E-state index in [9.17, 15) is 0 Å². The molecular formula is C12H16N4. The molecule has 0 aliphatic heterocycles. The van der Waals surface area contributed by atoms with E-state index in [0.29, 0.717) is 6.04 Å². The Kier molecular flexibility index (Phi) is 2.90. The van der Waals surface area contributed by atoms with E-state index >= 15 is 0 Å². The highest BCUT2D eigenvalue weighted by molar-refractivity contribution is 5.57. The van der Waals surface area contributed by atoms with Crippen LogP contribution < -0.4 is 5.73 Å². The predicted molar refractivity (Wildman–Crippen MR) is 64.9 cm³/mol. The Balaban J connectivity index is 2.28. The Bertz CT molecular complexity index is 458. The van der Waals surface area contributed by atoms with E-state index in [1.165, 1.54) is 0 Å². The lowest BCUT2D eigenvalue weighted by molar-refractivity contribution is 0.477. The Morgan fingerprint density at radius 1 is 1.31 bits per heavy atom. The highest BCUT2D eigenvalue weighted by atomic mass is 15.3. The molecule has 1 atom stereocenters. The monoisotopic (exact) mass is 216 g/mol. The maximum atomic E-state index is 5.63. The van der Waals surface area contributed by atoms with Gasteiger partial charge in [0.1, 0.15) is 6.33 Å². The molecule has 2 aromatic rings. The van der Waals surface area contributed by atoms with Crippen LogP contribution in [0.4, 0.5) is 5.69 Å². The predicted octanol–water partition coefficient (Wildman–Crippen LogP) is 2.50. The summed E-state index contributed by atoms with van der Waals surface area (Å²) in [7, 11) is 0. The molecule has 0 aliphatic rings. The molecule has 1 unspecified atom stereocenters. The van der Waals surface area contributed by atoms with Gasteiger partial charge in [-0.2, -0.15) is 5.10 Å². The van der Waals surface area contributed by atoms with Crippen molar-refractivity contribution < 1.29 is 0 Å². The molecule has 4 nitrogen and oxygen atoms in total. The lowest BCUT2D eigenvalue weighted by Crippen LogP contribution is -2.04. The summed E-state index contributed by atoms with van der Waals surface area (Å²) < 4.78 is 1.89. The summed E-state index contributed by atoms with van der Waals surface area (Å²) >= 11 is 0. The van der Waals surface area contributed by atoms with Crippen LogP contribution >= 0.6 is 0 Å². The molecular weight excluding hydrogens is 200 g/mol. The van der Waals surface area contributed by atoms with Gasteiger partial charge in [0, 0.05) is 11.3 Å². The standard InChI is InChI=1S/C12H16N4/c1-3-9(2)16-8-14-12(15-16)10-4-6-11(13)7-5-10/h4-9H,3,13H2,1-2H3. The van der Waals surface area contributed by atoms with Gasteiger partial charge in [-0.1, -0.05) is 6.92 Å². The summed E-state index contributed by atoms with van der Waals surface area (Å²) in [4.78, 5) is 4.30.